The Hall–Kier alpha value is -14.0. The lowest BCUT2D eigenvalue weighted by molar-refractivity contribution is 0.590. The smallest absolute Gasteiger partial charge is 0.252 e. The molecule has 0 amide bonds. The fourth-order valence-electron chi connectivity index (χ4n) is 16.7. The summed E-state index contributed by atoms with van der Waals surface area (Å²) in [6.45, 7) is 16.6. The highest BCUT2D eigenvalue weighted by Crippen LogP contribution is 2.56. The second-order valence-corrected chi connectivity index (χ2v) is 33.4. The van der Waals surface area contributed by atoms with E-state index in [-0.39, 0.29) is 50.3 Å². The third kappa shape index (κ3) is 12.5. The molecule has 19 aromatic rings. The van der Waals surface area contributed by atoms with Crippen LogP contribution in [-0.2, 0) is 16.2 Å². The van der Waals surface area contributed by atoms with Crippen LogP contribution in [0.15, 0.2) is 388 Å². The fraction of sp³-hybridized carbons (Fsp3) is 0.105. The minimum Gasteiger partial charge on any atom is -0.310 e. The van der Waals surface area contributed by atoms with Crippen LogP contribution in [0.5, 0.6) is 0 Å². The molecule has 0 unspecified atom stereocenters. The van der Waals surface area contributed by atoms with Gasteiger partial charge in [-0.25, -0.2) is 0 Å². The zero-order valence-electron chi connectivity index (χ0n) is 94.7. The van der Waals surface area contributed by atoms with Crippen molar-refractivity contribution in [2.75, 3.05) is 9.80 Å². The Morgan fingerprint density at radius 2 is 0.521 bits per heavy atom. The summed E-state index contributed by atoms with van der Waals surface area (Å²) in [7, 11) is 0. The van der Waals surface area contributed by atoms with E-state index in [2.05, 4.69) is 41.5 Å². The van der Waals surface area contributed by atoms with Gasteiger partial charge in [0.15, 0.2) is 0 Å². The average Bonchev–Trinajstić information content (AvgIpc) is 1.65. The van der Waals surface area contributed by atoms with E-state index in [0.717, 1.165) is 20.3 Å². The first-order valence-corrected chi connectivity index (χ1v) is 39.7. The third-order valence-corrected chi connectivity index (χ3v) is 22.8. The molecule has 2 aromatic heterocycles. The van der Waals surface area contributed by atoms with Gasteiger partial charge in [-0.1, -0.05) is 353 Å². The molecule has 119 heavy (non-hydrogen) atoms. The summed E-state index contributed by atoms with van der Waals surface area (Å²) >= 11 is 0. The maximum Gasteiger partial charge on any atom is 0.252 e. The molecule has 0 aliphatic carbocycles. The van der Waals surface area contributed by atoms with Gasteiger partial charge in [0.25, 0.3) is 6.71 Å². The van der Waals surface area contributed by atoms with E-state index in [0.29, 0.717) is 72.6 Å². The number of benzene rings is 17. The van der Waals surface area contributed by atoms with Gasteiger partial charge in [0, 0.05) is 77.9 Å². The number of rotatable bonds is 12. The van der Waals surface area contributed by atoms with E-state index in [4.69, 9.17) is 0 Å². The number of para-hydroxylation sites is 2. The van der Waals surface area contributed by atoms with Crippen LogP contribution in [0.3, 0.4) is 0 Å². The van der Waals surface area contributed by atoms with E-state index in [9.17, 15) is 38.4 Å². The predicted octanol–water partition coefficient (Wildman–Crippen LogP) is 29.2. The second kappa shape index (κ2) is 28.4. The standard InChI is InChI=1S/C114H91BN4/c1-112(2,3)86-66-93(80-36-20-12-21-37-80)110(94(67-86)81-38-22-13-23-39-81)118-105-72-89(116-101-46-30-28-44-91(101)97-64-84(56-62-103(97)116)78-52-48-76(49-53-78)74-32-16-10-17-33-74)58-60-99(105)115-100-61-59-90(117-102-47-31-29-45-92(102)98-65-85(57-63-104(98)117)79-54-50-77(51-55-79)75-34-18-11-19-35-75)73-106(100)119(108-71-88(114(7,8)9)70-107(118)109(108)115)111-95(82-40-24-14-25-41-82)68-87(113(4,5)6)69-96(111)83-42-26-15-27-43-83/h10-73H,1-9H3/i28D,29D,30D,31D,44D,45D,46D,47D,48D,49D,50D,51D,52D,53D,54D,55D,56D,57D,58D,59D,60D,61D,62D,63D,64D,65D,72D,73D. The first-order valence-electron chi connectivity index (χ1n) is 53.7. The van der Waals surface area contributed by atoms with Crippen LogP contribution in [0, 0.1) is 0 Å². The Morgan fingerprint density at radius 3 is 0.840 bits per heavy atom. The molecule has 0 spiro atoms. The van der Waals surface area contributed by atoms with E-state index >= 15 is 0 Å². The number of hydrogen-bond donors (Lipinski definition) is 0. The molecule has 0 atom stereocenters. The number of aromatic nitrogens is 2. The summed E-state index contributed by atoms with van der Waals surface area (Å²) in [6, 6.07) is 44.5. The quantitative estimate of drug-likeness (QED) is 0.113. The topological polar surface area (TPSA) is 16.3 Å². The lowest BCUT2D eigenvalue weighted by atomic mass is 9.33. The lowest BCUT2D eigenvalue weighted by Crippen LogP contribution is -2.61. The molecule has 0 radical (unpaired) electrons. The molecule has 570 valence electrons. The highest BCUT2D eigenvalue weighted by Gasteiger charge is 2.47. The maximum absolute atomic E-state index is 12.1. The Balaban J connectivity index is 0.989. The molecule has 0 bridgehead atoms. The molecule has 5 heteroatoms. The number of hydrogen-bond acceptors (Lipinski definition) is 2. The molecule has 4 heterocycles. The summed E-state index contributed by atoms with van der Waals surface area (Å²) in [5, 5.41) is -1.99. The molecule has 4 nitrogen and oxygen atoms in total. The molecule has 21 rings (SSSR count). The van der Waals surface area contributed by atoms with Crippen molar-refractivity contribution in [2.45, 2.75) is 78.6 Å². The summed E-state index contributed by atoms with van der Waals surface area (Å²) in [4.78, 5) is 3.68. The van der Waals surface area contributed by atoms with Crippen LogP contribution in [0.2, 0.25) is 0 Å². The lowest BCUT2D eigenvalue weighted by Gasteiger charge is -2.47. The average molecular weight is 1560 g/mol. The van der Waals surface area contributed by atoms with Crippen LogP contribution in [0.25, 0.3) is 144 Å². The summed E-state index contributed by atoms with van der Waals surface area (Å²) in [5.41, 5.74) is -0.877. The number of fused-ring (bicyclic) bond motifs is 10. The van der Waals surface area contributed by atoms with Gasteiger partial charge in [-0.15, -0.1) is 0 Å². The highest BCUT2D eigenvalue weighted by atomic mass is 15.2. The van der Waals surface area contributed by atoms with E-state index in [1.165, 1.54) is 0 Å². The van der Waals surface area contributed by atoms with Crippen molar-refractivity contribution < 1.29 is 38.4 Å². The highest BCUT2D eigenvalue weighted by molar-refractivity contribution is 7.00. The molecule has 2 aliphatic rings. The van der Waals surface area contributed by atoms with Crippen LogP contribution in [-0.4, -0.2) is 15.8 Å². The van der Waals surface area contributed by atoms with Gasteiger partial charge in [0.05, 0.1) is 71.8 Å². The van der Waals surface area contributed by atoms with Gasteiger partial charge in [-0.3, -0.25) is 0 Å². The van der Waals surface area contributed by atoms with E-state index in [1.807, 2.05) is 188 Å². The zero-order chi connectivity index (χ0) is 105. The van der Waals surface area contributed by atoms with Gasteiger partial charge in [-0.2, -0.15) is 0 Å². The SMILES string of the molecule is [2H]c1c([2H])c(-n2c3c([2H])c([2H])c([2H])c([2H])c3c3c([2H])c(-c4c([2H])c([2H])c(-c5ccccc5)c([2H])c4[2H])c([2H])c([2H])c32)c([2H])c2c1B1c3c(cc(C(C)(C)C)cc3N(c3c(-c4ccccc4)cc(C(C)(C)C)cc3-c3ccccc3)c3c([2H])c(-n4c5c([2H])c([2H])c([2H])c([2H])c5c5c([2H])c(-c6c([2H])c([2H])c(-c7ccccc7)c([2H])c6[2H])c([2H])c([2H])c54)c([2H])c([2H])c31)N2c1c(-c2ccccc2)cc(C(C)(C)C)cc1-c1ccccc1. The minimum absolute atomic E-state index is 0.118. The minimum atomic E-state index is -1.78. The first-order chi connectivity index (χ1) is 69.7. The molecule has 0 fully saturated rings. The van der Waals surface area contributed by atoms with Gasteiger partial charge in [0.2, 0.25) is 0 Å². The largest absolute Gasteiger partial charge is 0.310 e. The normalized spacial score (nSPS) is 16.0. The summed E-state index contributed by atoms with van der Waals surface area (Å²) < 4.78 is 291. The molecule has 0 saturated carbocycles. The Kier molecular flexibility index (Phi) is 11.6. The van der Waals surface area contributed by atoms with Crippen molar-refractivity contribution in [3.05, 3.63) is 404 Å². The Labute approximate surface area is 738 Å². The van der Waals surface area contributed by atoms with Crippen LogP contribution >= 0.6 is 0 Å². The molecule has 0 saturated heterocycles. The Morgan fingerprint density at radius 1 is 0.244 bits per heavy atom. The maximum atomic E-state index is 12.1. The number of nitrogens with zero attached hydrogens (tertiary/aromatic N) is 4. The van der Waals surface area contributed by atoms with E-state index in [1.54, 1.807) is 60.7 Å². The van der Waals surface area contributed by atoms with Crippen molar-refractivity contribution in [2.24, 2.45) is 0 Å². The molecular formula is C114H91BN4. The van der Waals surface area contributed by atoms with Gasteiger partial charge in [0.1, 0.15) is 0 Å². The van der Waals surface area contributed by atoms with E-state index < -0.39 is 269 Å². The monoisotopic (exact) mass is 1550 g/mol. The molecular weight excluding hydrogens is 1440 g/mol. The van der Waals surface area contributed by atoms with Gasteiger partial charge >= 0.3 is 0 Å². The van der Waals surface area contributed by atoms with Crippen LogP contribution in [0.4, 0.5) is 34.1 Å². The molecule has 17 aromatic carbocycles. The first kappa shape index (κ1) is 48.5. The van der Waals surface area contributed by atoms with Gasteiger partial charge in [-0.05, 0) is 213 Å². The molecule has 2 aliphatic heterocycles. The summed E-state index contributed by atoms with van der Waals surface area (Å²) in [5.74, 6) is 0. The van der Waals surface area contributed by atoms with Crippen molar-refractivity contribution in [1.29, 1.82) is 0 Å². The fourth-order valence-corrected chi connectivity index (χ4v) is 16.7. The van der Waals surface area contributed by atoms with Crippen LogP contribution < -0.4 is 26.2 Å². The third-order valence-electron chi connectivity index (χ3n) is 22.8. The van der Waals surface area contributed by atoms with Crippen LogP contribution in [0.1, 0.15) is 117 Å². The van der Waals surface area contributed by atoms with Crippen molar-refractivity contribution in [1.82, 2.24) is 9.13 Å². The van der Waals surface area contributed by atoms with Crippen molar-refractivity contribution in [3.63, 3.8) is 0 Å². The summed E-state index contributed by atoms with van der Waals surface area (Å²) in [6.07, 6.45) is 0. The second-order valence-electron chi connectivity index (χ2n) is 33.4. The number of anilines is 6. The molecule has 0 N–H and O–H groups in total. The predicted molar refractivity (Wildman–Crippen MR) is 509 cm³/mol. The zero-order valence-corrected chi connectivity index (χ0v) is 66.7. The van der Waals surface area contributed by atoms with Crippen molar-refractivity contribution in [3.8, 4) is 100 Å². The van der Waals surface area contributed by atoms with Crippen molar-refractivity contribution >= 4 is 101 Å². The van der Waals surface area contributed by atoms with Gasteiger partial charge < -0.3 is 18.9 Å². The Bertz CT molecular complexity index is 8300.